The van der Waals surface area contributed by atoms with Crippen LogP contribution in [-0.4, -0.2) is 85.6 Å². The third-order valence-electron chi connectivity index (χ3n) is 8.18. The Kier molecular flexibility index (Phi) is 6.90. The van der Waals surface area contributed by atoms with Crippen LogP contribution in [0.1, 0.15) is 57.2 Å². The van der Waals surface area contributed by atoms with Crippen molar-refractivity contribution in [1.82, 2.24) is 34.4 Å². The molecule has 0 aliphatic carbocycles. The van der Waals surface area contributed by atoms with E-state index in [1.54, 1.807) is 6.33 Å². The molecule has 202 valence electrons. The number of aryl methyl sites for hydroxylation is 1. The monoisotopic (exact) mass is 516 g/mol. The number of pyridine rings is 2. The van der Waals surface area contributed by atoms with E-state index in [0.29, 0.717) is 13.1 Å². The first-order chi connectivity index (χ1) is 18.1. The first-order valence-corrected chi connectivity index (χ1v) is 13.7. The van der Waals surface area contributed by atoms with Gasteiger partial charge in [0.2, 0.25) is 5.91 Å². The van der Waals surface area contributed by atoms with Crippen LogP contribution in [0, 0.1) is 13.8 Å². The van der Waals surface area contributed by atoms with Gasteiger partial charge in [-0.3, -0.25) is 9.69 Å². The average molecular weight is 517 g/mol. The number of carbonyl (C=O) groups excluding carboxylic acids is 1. The molecule has 9 nitrogen and oxygen atoms in total. The summed E-state index contributed by atoms with van der Waals surface area (Å²) in [6, 6.07) is 4.55. The molecule has 1 N–H and O–H groups in total. The number of hydrogen-bond acceptors (Lipinski definition) is 6. The minimum atomic E-state index is 0.118. The standard InChI is InChI=1S/C29H40N8O/c1-9-34(8)15-25(38)36-13-18(4)35(12-19(36)5)24-11-10-23-28(33-24)26(17(2)3)27(32-23)22-14-37-29(30-16-31-37)21(7)20(22)6/h10-11,14,16-19,32H,9,12-13,15H2,1-8H3/t18-,19+/m1/s1. The van der Waals surface area contributed by atoms with Gasteiger partial charge in [-0.1, -0.05) is 20.8 Å². The van der Waals surface area contributed by atoms with Gasteiger partial charge in [0, 0.05) is 42.5 Å². The van der Waals surface area contributed by atoms with E-state index in [1.165, 1.54) is 11.1 Å². The van der Waals surface area contributed by atoms with Crippen LogP contribution in [0.3, 0.4) is 0 Å². The minimum absolute atomic E-state index is 0.118. The van der Waals surface area contributed by atoms with Crippen molar-refractivity contribution < 1.29 is 4.79 Å². The van der Waals surface area contributed by atoms with Crippen LogP contribution in [0.2, 0.25) is 0 Å². The largest absolute Gasteiger partial charge is 0.353 e. The predicted molar refractivity (Wildman–Crippen MR) is 153 cm³/mol. The lowest BCUT2D eigenvalue weighted by atomic mass is 9.95. The molecular formula is C29H40N8O. The molecule has 5 rings (SSSR count). The molecule has 2 atom stereocenters. The molecule has 9 heteroatoms. The Hall–Kier alpha value is -3.46. The van der Waals surface area contributed by atoms with E-state index in [0.717, 1.165) is 52.4 Å². The number of carbonyl (C=O) groups is 1. The summed E-state index contributed by atoms with van der Waals surface area (Å²) < 4.78 is 1.86. The van der Waals surface area contributed by atoms with Crippen LogP contribution in [0.15, 0.2) is 24.7 Å². The minimum Gasteiger partial charge on any atom is -0.353 e. The van der Waals surface area contributed by atoms with Crippen LogP contribution < -0.4 is 4.90 Å². The molecule has 1 saturated heterocycles. The van der Waals surface area contributed by atoms with Gasteiger partial charge in [-0.2, -0.15) is 5.10 Å². The zero-order chi connectivity index (χ0) is 27.3. The fourth-order valence-electron chi connectivity index (χ4n) is 5.69. The molecule has 1 aliphatic heterocycles. The van der Waals surface area contributed by atoms with Gasteiger partial charge in [0.25, 0.3) is 0 Å². The summed E-state index contributed by atoms with van der Waals surface area (Å²) in [5.74, 6) is 1.43. The lowest BCUT2D eigenvalue weighted by Crippen LogP contribution is -2.59. The molecule has 1 amide bonds. The lowest BCUT2D eigenvalue weighted by Gasteiger charge is -2.45. The average Bonchev–Trinajstić information content (AvgIpc) is 3.51. The Bertz CT molecular complexity index is 1490. The van der Waals surface area contributed by atoms with Crippen molar-refractivity contribution in [3.8, 4) is 11.3 Å². The fourth-order valence-corrected chi connectivity index (χ4v) is 5.69. The van der Waals surface area contributed by atoms with Crippen LogP contribution in [0.5, 0.6) is 0 Å². The van der Waals surface area contributed by atoms with Crippen molar-refractivity contribution in [2.24, 2.45) is 0 Å². The van der Waals surface area contributed by atoms with Crippen molar-refractivity contribution in [2.75, 3.05) is 38.1 Å². The molecule has 5 heterocycles. The van der Waals surface area contributed by atoms with Gasteiger partial charge in [-0.05, 0) is 70.5 Å². The van der Waals surface area contributed by atoms with E-state index < -0.39 is 0 Å². The maximum absolute atomic E-state index is 13.0. The van der Waals surface area contributed by atoms with Crippen molar-refractivity contribution >= 4 is 28.4 Å². The predicted octanol–water partition coefficient (Wildman–Crippen LogP) is 4.39. The molecule has 0 bridgehead atoms. The normalized spacial score (nSPS) is 18.5. The van der Waals surface area contributed by atoms with Crippen molar-refractivity contribution in [2.45, 2.75) is 66.5 Å². The van der Waals surface area contributed by atoms with Crippen LogP contribution in [-0.2, 0) is 4.79 Å². The number of amides is 1. The summed E-state index contributed by atoms with van der Waals surface area (Å²) in [5, 5.41) is 4.40. The Morgan fingerprint density at radius 3 is 2.63 bits per heavy atom. The second-order valence-electron chi connectivity index (χ2n) is 11.2. The third-order valence-corrected chi connectivity index (χ3v) is 8.18. The van der Waals surface area contributed by atoms with Crippen LogP contribution in [0.25, 0.3) is 27.9 Å². The summed E-state index contributed by atoms with van der Waals surface area (Å²) >= 11 is 0. The maximum Gasteiger partial charge on any atom is 0.237 e. The zero-order valence-corrected chi connectivity index (χ0v) is 23.9. The zero-order valence-electron chi connectivity index (χ0n) is 23.9. The second kappa shape index (κ2) is 10.0. The Balaban J connectivity index is 1.52. The topological polar surface area (TPSA) is 85.7 Å². The summed E-state index contributed by atoms with van der Waals surface area (Å²) in [7, 11) is 1.99. The molecule has 0 radical (unpaired) electrons. The van der Waals surface area contributed by atoms with Gasteiger partial charge in [0.1, 0.15) is 12.1 Å². The van der Waals surface area contributed by atoms with Crippen molar-refractivity contribution in [3.05, 3.63) is 41.3 Å². The molecule has 0 spiro atoms. The number of H-pyrrole nitrogens is 1. The number of piperazine rings is 1. The Morgan fingerprint density at radius 2 is 1.92 bits per heavy atom. The van der Waals surface area contributed by atoms with E-state index in [1.807, 2.05) is 16.5 Å². The van der Waals surface area contributed by atoms with Gasteiger partial charge in [0.05, 0.1) is 23.3 Å². The number of nitrogens with zero attached hydrogens (tertiary/aromatic N) is 7. The van der Waals surface area contributed by atoms with E-state index in [4.69, 9.17) is 4.98 Å². The van der Waals surface area contributed by atoms with E-state index in [-0.39, 0.29) is 23.9 Å². The highest BCUT2D eigenvalue weighted by molar-refractivity contribution is 5.90. The quantitative estimate of drug-likeness (QED) is 0.409. The highest BCUT2D eigenvalue weighted by Crippen LogP contribution is 2.38. The smallest absolute Gasteiger partial charge is 0.237 e. The number of fused-ring (bicyclic) bond motifs is 2. The van der Waals surface area contributed by atoms with Gasteiger partial charge >= 0.3 is 0 Å². The number of anilines is 1. The van der Waals surface area contributed by atoms with Crippen LogP contribution >= 0.6 is 0 Å². The molecule has 0 aromatic carbocycles. The number of likely N-dealkylation sites (N-methyl/N-ethyl adjacent to an activating group) is 1. The highest BCUT2D eigenvalue weighted by Gasteiger charge is 2.33. The molecule has 38 heavy (non-hydrogen) atoms. The Morgan fingerprint density at radius 1 is 1.16 bits per heavy atom. The number of hydrogen-bond donors (Lipinski definition) is 1. The summed E-state index contributed by atoms with van der Waals surface area (Å²) in [6.07, 6.45) is 3.67. The number of aromatic amines is 1. The van der Waals surface area contributed by atoms with Crippen LogP contribution in [0.4, 0.5) is 5.82 Å². The molecule has 4 aromatic heterocycles. The molecule has 1 fully saturated rings. The van der Waals surface area contributed by atoms with Crippen molar-refractivity contribution in [3.63, 3.8) is 0 Å². The van der Waals surface area contributed by atoms with Gasteiger partial charge in [-0.15, -0.1) is 0 Å². The lowest BCUT2D eigenvalue weighted by molar-refractivity contribution is -0.135. The van der Waals surface area contributed by atoms with E-state index in [9.17, 15) is 4.79 Å². The summed E-state index contributed by atoms with van der Waals surface area (Å²) in [4.78, 5) is 32.7. The SMILES string of the molecule is CCN(C)CC(=O)N1C[C@@H](C)N(c2ccc3[nH]c(-c4cn5ncnc5c(C)c4C)c(C(C)C)c3n2)C[C@@H]1C. The van der Waals surface area contributed by atoms with E-state index >= 15 is 0 Å². The van der Waals surface area contributed by atoms with Gasteiger partial charge in [0.15, 0.2) is 5.65 Å². The summed E-state index contributed by atoms with van der Waals surface area (Å²) in [6.45, 7) is 17.9. The van der Waals surface area contributed by atoms with Crippen molar-refractivity contribution in [1.29, 1.82) is 0 Å². The molecule has 0 unspecified atom stereocenters. The summed E-state index contributed by atoms with van der Waals surface area (Å²) in [5.41, 5.74) is 8.66. The first kappa shape index (κ1) is 26.2. The third kappa shape index (κ3) is 4.42. The number of nitrogens with one attached hydrogen (secondary N) is 1. The van der Waals surface area contributed by atoms with Gasteiger partial charge < -0.3 is 14.8 Å². The maximum atomic E-state index is 13.0. The second-order valence-corrected chi connectivity index (χ2v) is 11.2. The highest BCUT2D eigenvalue weighted by atomic mass is 16.2. The molecule has 0 saturated carbocycles. The first-order valence-electron chi connectivity index (χ1n) is 13.7. The van der Waals surface area contributed by atoms with E-state index in [2.05, 4.69) is 91.7 Å². The number of aromatic nitrogens is 5. The fraction of sp³-hybridized carbons (Fsp3) is 0.517. The number of rotatable bonds is 6. The Labute approximate surface area is 224 Å². The molecule has 1 aliphatic rings. The van der Waals surface area contributed by atoms with Gasteiger partial charge in [-0.25, -0.2) is 14.5 Å². The molecule has 4 aromatic rings. The molecular weight excluding hydrogens is 476 g/mol.